The van der Waals surface area contributed by atoms with E-state index in [4.69, 9.17) is 10.4 Å². The minimum absolute atomic E-state index is 0.156. The molecule has 0 aromatic heterocycles. The summed E-state index contributed by atoms with van der Waals surface area (Å²) < 4.78 is 23.9. The number of nitriles is 1. The summed E-state index contributed by atoms with van der Waals surface area (Å²) in [6.45, 7) is 1.25. The SMILES string of the molecule is CC(C#N)S(=O)(=O)c1ccc(Br)c(C(=O)O)c1. The van der Waals surface area contributed by atoms with E-state index in [1.165, 1.54) is 19.1 Å². The van der Waals surface area contributed by atoms with Crippen LogP contribution in [0.15, 0.2) is 27.6 Å². The number of carboxylic acids is 1. The molecular weight excluding hydrogens is 310 g/mol. The molecule has 0 heterocycles. The molecule has 0 amide bonds. The summed E-state index contributed by atoms with van der Waals surface area (Å²) in [6.07, 6.45) is 0. The summed E-state index contributed by atoms with van der Waals surface area (Å²) in [5, 5.41) is 16.3. The number of carbonyl (C=O) groups is 1. The van der Waals surface area contributed by atoms with Gasteiger partial charge in [-0.1, -0.05) is 0 Å². The van der Waals surface area contributed by atoms with E-state index in [-0.39, 0.29) is 14.9 Å². The molecule has 0 saturated heterocycles. The monoisotopic (exact) mass is 317 g/mol. The van der Waals surface area contributed by atoms with Crippen molar-refractivity contribution in [1.82, 2.24) is 0 Å². The topological polar surface area (TPSA) is 95.2 Å². The average molecular weight is 318 g/mol. The van der Waals surface area contributed by atoms with Crippen molar-refractivity contribution in [2.75, 3.05) is 0 Å². The van der Waals surface area contributed by atoms with Crippen LogP contribution in [0.5, 0.6) is 0 Å². The Bertz CT molecular complexity index is 603. The fourth-order valence-electron chi connectivity index (χ4n) is 1.12. The Kier molecular flexibility index (Phi) is 3.91. The second-order valence-electron chi connectivity index (χ2n) is 3.26. The number of hydrogen-bond donors (Lipinski definition) is 1. The number of halogens is 1. The van der Waals surface area contributed by atoms with Gasteiger partial charge in [-0.05, 0) is 41.1 Å². The van der Waals surface area contributed by atoms with Crippen LogP contribution in [0, 0.1) is 11.3 Å². The smallest absolute Gasteiger partial charge is 0.336 e. The van der Waals surface area contributed by atoms with Crippen molar-refractivity contribution >= 4 is 31.7 Å². The molecule has 0 aliphatic heterocycles. The first-order valence-electron chi connectivity index (χ1n) is 4.47. The largest absolute Gasteiger partial charge is 0.478 e. The van der Waals surface area contributed by atoms with Crippen LogP contribution in [0.1, 0.15) is 17.3 Å². The Labute approximate surface area is 107 Å². The van der Waals surface area contributed by atoms with Gasteiger partial charge in [0.05, 0.1) is 16.5 Å². The molecule has 0 saturated carbocycles. The molecule has 1 N–H and O–H groups in total. The van der Waals surface area contributed by atoms with Crippen molar-refractivity contribution in [2.24, 2.45) is 0 Å². The Morgan fingerprint density at radius 2 is 2.12 bits per heavy atom. The molecule has 7 heteroatoms. The van der Waals surface area contributed by atoms with E-state index in [1.54, 1.807) is 6.07 Å². The molecule has 0 radical (unpaired) electrons. The van der Waals surface area contributed by atoms with Crippen molar-refractivity contribution in [3.05, 3.63) is 28.2 Å². The average Bonchev–Trinajstić information content (AvgIpc) is 2.27. The third-order valence-corrected chi connectivity index (χ3v) is 4.78. The maximum Gasteiger partial charge on any atom is 0.336 e. The summed E-state index contributed by atoms with van der Waals surface area (Å²) in [4.78, 5) is 10.7. The number of carboxylic acid groups (broad SMARTS) is 1. The lowest BCUT2D eigenvalue weighted by molar-refractivity contribution is 0.0695. The molecule has 1 atom stereocenters. The molecule has 90 valence electrons. The summed E-state index contributed by atoms with van der Waals surface area (Å²) in [7, 11) is -3.81. The zero-order chi connectivity index (χ0) is 13.2. The molecule has 0 fully saturated rings. The van der Waals surface area contributed by atoms with Crippen molar-refractivity contribution in [2.45, 2.75) is 17.1 Å². The second kappa shape index (κ2) is 4.85. The molecule has 1 unspecified atom stereocenters. The summed E-state index contributed by atoms with van der Waals surface area (Å²) in [5.74, 6) is -1.24. The second-order valence-corrected chi connectivity index (χ2v) is 6.39. The Balaban J connectivity index is 3.41. The van der Waals surface area contributed by atoms with Crippen LogP contribution in [-0.2, 0) is 9.84 Å². The lowest BCUT2D eigenvalue weighted by Gasteiger charge is -2.07. The van der Waals surface area contributed by atoms with Crippen molar-refractivity contribution in [3.8, 4) is 6.07 Å². The maximum atomic E-state index is 11.8. The van der Waals surface area contributed by atoms with E-state index < -0.39 is 21.1 Å². The molecule has 0 aliphatic carbocycles. The number of rotatable bonds is 3. The third kappa shape index (κ3) is 2.65. The van der Waals surface area contributed by atoms with Gasteiger partial charge in [-0.2, -0.15) is 5.26 Å². The van der Waals surface area contributed by atoms with Crippen molar-refractivity contribution in [3.63, 3.8) is 0 Å². The minimum atomic E-state index is -3.81. The summed E-state index contributed by atoms with van der Waals surface area (Å²) >= 11 is 3.01. The van der Waals surface area contributed by atoms with Crippen LogP contribution in [0.25, 0.3) is 0 Å². The molecule has 1 aromatic carbocycles. The van der Waals surface area contributed by atoms with Crippen LogP contribution in [0.3, 0.4) is 0 Å². The lowest BCUT2D eigenvalue weighted by Crippen LogP contribution is -2.16. The quantitative estimate of drug-likeness (QED) is 0.917. The van der Waals surface area contributed by atoms with Crippen LogP contribution in [-0.4, -0.2) is 24.7 Å². The number of hydrogen-bond acceptors (Lipinski definition) is 4. The first kappa shape index (κ1) is 13.7. The highest BCUT2D eigenvalue weighted by Gasteiger charge is 2.24. The van der Waals surface area contributed by atoms with Gasteiger partial charge in [0.25, 0.3) is 0 Å². The standard InChI is InChI=1S/C10H8BrNO4S/c1-6(5-12)17(15,16)7-2-3-9(11)8(4-7)10(13)14/h2-4,6H,1H3,(H,13,14). The fraction of sp³-hybridized carbons (Fsp3) is 0.200. The van der Waals surface area contributed by atoms with Gasteiger partial charge in [0.2, 0.25) is 0 Å². The molecule has 0 bridgehead atoms. The third-order valence-electron chi connectivity index (χ3n) is 2.14. The van der Waals surface area contributed by atoms with Crippen molar-refractivity contribution in [1.29, 1.82) is 5.26 Å². The maximum absolute atomic E-state index is 11.8. The van der Waals surface area contributed by atoms with Crippen LogP contribution >= 0.6 is 15.9 Å². The van der Waals surface area contributed by atoms with Gasteiger partial charge < -0.3 is 5.11 Å². The minimum Gasteiger partial charge on any atom is -0.478 e. The van der Waals surface area contributed by atoms with E-state index >= 15 is 0 Å². The van der Waals surface area contributed by atoms with Gasteiger partial charge in [-0.25, -0.2) is 13.2 Å². The van der Waals surface area contributed by atoms with E-state index in [2.05, 4.69) is 15.9 Å². The molecule has 0 spiro atoms. The molecule has 5 nitrogen and oxygen atoms in total. The summed E-state index contributed by atoms with van der Waals surface area (Å²) in [6, 6.07) is 5.25. The van der Waals surface area contributed by atoms with E-state index in [0.29, 0.717) is 0 Å². The normalized spacial score (nSPS) is 12.8. The van der Waals surface area contributed by atoms with Gasteiger partial charge in [-0.3, -0.25) is 0 Å². The predicted octanol–water partition coefficient (Wildman–Crippen LogP) is 1.83. The van der Waals surface area contributed by atoms with Gasteiger partial charge in [0.1, 0.15) is 5.25 Å². The fourth-order valence-corrected chi connectivity index (χ4v) is 2.62. The number of sulfone groups is 1. The Morgan fingerprint density at radius 1 is 1.53 bits per heavy atom. The highest BCUT2D eigenvalue weighted by atomic mass is 79.9. The van der Waals surface area contributed by atoms with Gasteiger partial charge in [0.15, 0.2) is 9.84 Å². The van der Waals surface area contributed by atoms with E-state index in [9.17, 15) is 13.2 Å². The van der Waals surface area contributed by atoms with Crippen LogP contribution in [0.2, 0.25) is 0 Å². The number of nitrogens with zero attached hydrogens (tertiary/aromatic N) is 1. The first-order valence-corrected chi connectivity index (χ1v) is 6.81. The van der Waals surface area contributed by atoms with Crippen molar-refractivity contribution < 1.29 is 18.3 Å². The predicted molar refractivity (Wildman–Crippen MR) is 63.4 cm³/mol. The molecule has 0 aliphatic rings. The Hall–Kier alpha value is -1.39. The summed E-state index contributed by atoms with van der Waals surface area (Å²) in [5.41, 5.74) is -0.156. The highest BCUT2D eigenvalue weighted by Crippen LogP contribution is 2.23. The molecule has 1 aromatic rings. The molecule has 1 rings (SSSR count). The van der Waals surface area contributed by atoms with Gasteiger partial charge >= 0.3 is 5.97 Å². The van der Waals surface area contributed by atoms with Crippen LogP contribution in [0.4, 0.5) is 0 Å². The Morgan fingerprint density at radius 3 is 2.59 bits per heavy atom. The zero-order valence-corrected chi connectivity index (χ0v) is 11.1. The van der Waals surface area contributed by atoms with Gasteiger partial charge in [-0.15, -0.1) is 0 Å². The highest BCUT2D eigenvalue weighted by molar-refractivity contribution is 9.10. The molecular formula is C10H8BrNO4S. The number of benzene rings is 1. The number of aromatic carboxylic acids is 1. The zero-order valence-electron chi connectivity index (χ0n) is 8.71. The first-order chi connectivity index (χ1) is 7.80. The molecule has 17 heavy (non-hydrogen) atoms. The van der Waals surface area contributed by atoms with Gasteiger partial charge in [0, 0.05) is 4.47 Å². The van der Waals surface area contributed by atoms with E-state index in [0.717, 1.165) is 6.07 Å². The lowest BCUT2D eigenvalue weighted by atomic mass is 10.2. The van der Waals surface area contributed by atoms with Crippen LogP contribution < -0.4 is 0 Å². The van der Waals surface area contributed by atoms with E-state index in [1.807, 2.05) is 0 Å².